The second-order valence-electron chi connectivity index (χ2n) is 2.36. The van der Waals surface area contributed by atoms with Gasteiger partial charge in [-0.1, -0.05) is 20.4 Å². The first kappa shape index (κ1) is 10.1. The molecule has 0 heterocycles. The van der Waals surface area contributed by atoms with E-state index in [1.807, 2.05) is 6.92 Å². The summed E-state index contributed by atoms with van der Waals surface area (Å²) in [4.78, 5) is 0. The Balaban J connectivity index is 3.60. The minimum Gasteiger partial charge on any atom is -0.494 e. The van der Waals surface area contributed by atoms with Crippen LogP contribution < -0.4 is 5.73 Å². The maximum absolute atomic E-state index is 5.34. The molecule has 2 heteroatoms. The van der Waals surface area contributed by atoms with E-state index in [1.165, 1.54) is 0 Å². The topological polar surface area (TPSA) is 35.2 Å². The Morgan fingerprint density at radius 3 is 2.45 bits per heavy atom. The minimum absolute atomic E-state index is 0.583. The lowest BCUT2D eigenvalue weighted by Crippen LogP contribution is -1.99. The summed E-state index contributed by atoms with van der Waals surface area (Å²) in [6.45, 7) is 8.37. The average molecular weight is 155 g/mol. The average Bonchev–Trinajstić information content (AvgIpc) is 2.06. The van der Waals surface area contributed by atoms with Gasteiger partial charge < -0.3 is 10.5 Å². The lowest BCUT2D eigenvalue weighted by atomic mass is 10.2. The van der Waals surface area contributed by atoms with E-state index in [0.717, 1.165) is 24.2 Å². The first-order valence-electron chi connectivity index (χ1n) is 3.94. The van der Waals surface area contributed by atoms with Crippen LogP contribution in [0.15, 0.2) is 24.1 Å². The Labute approximate surface area is 68.7 Å². The number of nitrogens with two attached hydrogens (primary N) is 1. The van der Waals surface area contributed by atoms with Crippen LogP contribution in [0.2, 0.25) is 0 Å². The van der Waals surface area contributed by atoms with Crippen molar-refractivity contribution in [2.24, 2.45) is 5.73 Å². The summed E-state index contributed by atoms with van der Waals surface area (Å²) in [5.41, 5.74) is 6.45. The number of allylic oxidation sites excluding steroid dienone is 1. The van der Waals surface area contributed by atoms with E-state index in [0.29, 0.717) is 6.61 Å². The Morgan fingerprint density at radius 1 is 1.45 bits per heavy atom. The molecule has 0 radical (unpaired) electrons. The van der Waals surface area contributed by atoms with Gasteiger partial charge in [-0.15, -0.1) is 0 Å². The molecule has 0 rings (SSSR count). The van der Waals surface area contributed by atoms with Crippen LogP contribution >= 0.6 is 0 Å². The molecule has 0 aromatic rings. The van der Waals surface area contributed by atoms with Crippen LogP contribution in [0.4, 0.5) is 0 Å². The molecule has 11 heavy (non-hydrogen) atoms. The SMILES string of the molecule is C=C(CC)OC/C(=C/N)CC. The van der Waals surface area contributed by atoms with Gasteiger partial charge in [0.1, 0.15) is 6.61 Å². The molecule has 0 aliphatic carbocycles. The molecule has 0 saturated heterocycles. The van der Waals surface area contributed by atoms with Crippen molar-refractivity contribution in [3.05, 3.63) is 24.1 Å². The Bertz CT molecular complexity index is 150. The smallest absolute Gasteiger partial charge is 0.110 e. The van der Waals surface area contributed by atoms with Crippen molar-refractivity contribution in [1.29, 1.82) is 0 Å². The van der Waals surface area contributed by atoms with E-state index < -0.39 is 0 Å². The molecule has 64 valence electrons. The summed E-state index contributed by atoms with van der Waals surface area (Å²) in [5.74, 6) is 0.817. The predicted molar refractivity (Wildman–Crippen MR) is 47.9 cm³/mol. The third-order valence-electron chi connectivity index (χ3n) is 1.55. The molecule has 0 aliphatic heterocycles. The maximum atomic E-state index is 5.34. The third-order valence-corrected chi connectivity index (χ3v) is 1.55. The fraction of sp³-hybridized carbons (Fsp3) is 0.556. The molecule has 0 unspecified atom stereocenters. The molecule has 0 fully saturated rings. The van der Waals surface area contributed by atoms with Crippen LogP contribution in [-0.2, 0) is 4.74 Å². The van der Waals surface area contributed by atoms with Gasteiger partial charge in [-0.2, -0.15) is 0 Å². The molecule has 2 N–H and O–H groups in total. The standard InChI is InChI=1S/C9H17NO/c1-4-8(3)11-7-9(5-2)6-10/h6H,3-5,7,10H2,1-2H3/b9-6+. The van der Waals surface area contributed by atoms with Crippen LogP contribution in [0.5, 0.6) is 0 Å². The molecule has 0 aromatic heterocycles. The minimum atomic E-state index is 0.583. The summed E-state index contributed by atoms with van der Waals surface area (Å²) < 4.78 is 5.29. The molecule has 0 bridgehead atoms. The highest BCUT2D eigenvalue weighted by atomic mass is 16.5. The highest BCUT2D eigenvalue weighted by Crippen LogP contribution is 2.04. The fourth-order valence-electron chi connectivity index (χ4n) is 0.565. The molecule has 2 nitrogen and oxygen atoms in total. The molecule has 0 spiro atoms. The molecule has 0 amide bonds. The zero-order chi connectivity index (χ0) is 8.69. The third kappa shape index (κ3) is 4.48. The molecule has 0 saturated carbocycles. The van der Waals surface area contributed by atoms with Crippen molar-refractivity contribution in [3.8, 4) is 0 Å². The Hall–Kier alpha value is -0.920. The highest BCUT2D eigenvalue weighted by Gasteiger charge is 1.94. The summed E-state index contributed by atoms with van der Waals surface area (Å²) in [5, 5.41) is 0. The van der Waals surface area contributed by atoms with Crippen molar-refractivity contribution in [1.82, 2.24) is 0 Å². The number of ether oxygens (including phenoxy) is 1. The van der Waals surface area contributed by atoms with E-state index in [9.17, 15) is 0 Å². The Morgan fingerprint density at radius 2 is 2.09 bits per heavy atom. The number of rotatable bonds is 5. The zero-order valence-corrected chi connectivity index (χ0v) is 7.39. The van der Waals surface area contributed by atoms with Crippen LogP contribution in [-0.4, -0.2) is 6.61 Å². The summed E-state index contributed by atoms with van der Waals surface area (Å²) in [6.07, 6.45) is 3.40. The lowest BCUT2D eigenvalue weighted by molar-refractivity contribution is 0.230. The van der Waals surface area contributed by atoms with Gasteiger partial charge in [0.05, 0.1) is 5.76 Å². The first-order chi connectivity index (χ1) is 5.24. The van der Waals surface area contributed by atoms with E-state index in [2.05, 4.69) is 13.5 Å². The van der Waals surface area contributed by atoms with Crippen molar-refractivity contribution in [3.63, 3.8) is 0 Å². The highest BCUT2D eigenvalue weighted by molar-refractivity contribution is 5.00. The van der Waals surface area contributed by atoms with Gasteiger partial charge in [-0.3, -0.25) is 0 Å². The quantitative estimate of drug-likeness (QED) is 0.617. The van der Waals surface area contributed by atoms with Gasteiger partial charge in [0.2, 0.25) is 0 Å². The van der Waals surface area contributed by atoms with Gasteiger partial charge >= 0.3 is 0 Å². The number of hydrogen-bond donors (Lipinski definition) is 1. The van der Waals surface area contributed by atoms with E-state index in [-0.39, 0.29) is 0 Å². The first-order valence-corrected chi connectivity index (χ1v) is 3.94. The van der Waals surface area contributed by atoms with Crippen molar-refractivity contribution in [2.45, 2.75) is 26.7 Å². The van der Waals surface area contributed by atoms with Crippen LogP contribution in [0, 0.1) is 0 Å². The lowest BCUT2D eigenvalue weighted by Gasteiger charge is -2.07. The Kier molecular flexibility index (Phi) is 5.35. The summed E-state index contributed by atoms with van der Waals surface area (Å²) in [6, 6.07) is 0. The molecular weight excluding hydrogens is 138 g/mol. The van der Waals surface area contributed by atoms with Crippen LogP contribution in [0.25, 0.3) is 0 Å². The summed E-state index contributed by atoms with van der Waals surface area (Å²) in [7, 11) is 0. The number of hydrogen-bond acceptors (Lipinski definition) is 2. The molecule has 0 aliphatic rings. The second-order valence-corrected chi connectivity index (χ2v) is 2.36. The van der Waals surface area contributed by atoms with E-state index in [4.69, 9.17) is 10.5 Å². The van der Waals surface area contributed by atoms with Crippen LogP contribution in [0.1, 0.15) is 26.7 Å². The van der Waals surface area contributed by atoms with Crippen molar-refractivity contribution < 1.29 is 4.74 Å². The van der Waals surface area contributed by atoms with Crippen molar-refractivity contribution in [2.75, 3.05) is 6.61 Å². The monoisotopic (exact) mass is 155 g/mol. The van der Waals surface area contributed by atoms with Gasteiger partial charge in [-0.05, 0) is 18.2 Å². The summed E-state index contributed by atoms with van der Waals surface area (Å²) >= 11 is 0. The molecule has 0 aromatic carbocycles. The fourth-order valence-corrected chi connectivity index (χ4v) is 0.565. The molecule has 0 atom stereocenters. The van der Waals surface area contributed by atoms with E-state index in [1.54, 1.807) is 6.20 Å². The van der Waals surface area contributed by atoms with Gasteiger partial charge in [0.15, 0.2) is 0 Å². The maximum Gasteiger partial charge on any atom is 0.110 e. The van der Waals surface area contributed by atoms with Crippen molar-refractivity contribution >= 4 is 0 Å². The zero-order valence-electron chi connectivity index (χ0n) is 7.39. The largest absolute Gasteiger partial charge is 0.494 e. The molecular formula is C9H17NO. The van der Waals surface area contributed by atoms with Gasteiger partial charge in [0, 0.05) is 6.42 Å². The normalized spacial score (nSPS) is 11.3. The van der Waals surface area contributed by atoms with E-state index >= 15 is 0 Å². The van der Waals surface area contributed by atoms with Gasteiger partial charge in [-0.25, -0.2) is 0 Å². The predicted octanol–water partition coefficient (Wildman–Crippen LogP) is 2.18. The van der Waals surface area contributed by atoms with Gasteiger partial charge in [0.25, 0.3) is 0 Å². The van der Waals surface area contributed by atoms with Crippen LogP contribution in [0.3, 0.4) is 0 Å². The second kappa shape index (κ2) is 5.83.